The van der Waals surface area contributed by atoms with E-state index in [0.717, 1.165) is 0 Å². The highest BCUT2D eigenvalue weighted by Gasteiger charge is 2.07. The number of nitro groups is 1. The first-order chi connectivity index (χ1) is 7.50. The quantitative estimate of drug-likeness (QED) is 0.470. The highest BCUT2D eigenvalue weighted by molar-refractivity contribution is 7.72. The van der Waals surface area contributed by atoms with E-state index in [2.05, 4.69) is 6.58 Å². The third-order valence-corrected chi connectivity index (χ3v) is 2.43. The van der Waals surface area contributed by atoms with E-state index in [-0.39, 0.29) is 17.2 Å². The summed E-state index contributed by atoms with van der Waals surface area (Å²) in [7, 11) is -2.62. The van der Waals surface area contributed by atoms with Crippen molar-refractivity contribution in [2.24, 2.45) is 0 Å². The van der Waals surface area contributed by atoms with Crippen molar-refractivity contribution in [2.45, 2.75) is 4.90 Å². The number of hydrogen-bond acceptors (Lipinski definition) is 5. The Balaban J connectivity index is 2.63. The molecule has 1 aromatic rings. The largest absolute Gasteiger partial charge is 0.482 e. The van der Waals surface area contributed by atoms with Crippen molar-refractivity contribution in [3.05, 3.63) is 46.7 Å². The first-order valence-corrected chi connectivity index (χ1v) is 5.38. The van der Waals surface area contributed by atoms with Crippen LogP contribution in [0.25, 0.3) is 0 Å². The monoisotopic (exact) mass is 243 g/mol. The van der Waals surface area contributed by atoms with Gasteiger partial charge in [-0.05, 0) is 30.8 Å². The van der Waals surface area contributed by atoms with E-state index in [0.29, 0.717) is 5.75 Å². The molecular formula is C9H9NO5S. The molecule has 1 aromatic carbocycles. The molecule has 0 amide bonds. The molecule has 86 valence electrons. The molecule has 0 heterocycles. The fourth-order valence-electron chi connectivity index (χ4n) is 0.883. The molecule has 0 unspecified atom stereocenters. The van der Waals surface area contributed by atoms with Crippen molar-refractivity contribution in [2.75, 3.05) is 6.61 Å². The van der Waals surface area contributed by atoms with E-state index in [4.69, 9.17) is 4.74 Å². The van der Waals surface area contributed by atoms with E-state index < -0.39 is 15.6 Å². The van der Waals surface area contributed by atoms with Gasteiger partial charge in [-0.15, -0.1) is 0 Å². The topological polar surface area (TPSA) is 86.5 Å². The zero-order chi connectivity index (χ0) is 12.1. The van der Waals surface area contributed by atoms with Crippen molar-refractivity contribution < 1.29 is 18.1 Å². The lowest BCUT2D eigenvalue weighted by atomic mass is 10.3. The number of benzene rings is 1. The van der Waals surface area contributed by atoms with E-state index in [1.54, 1.807) is 0 Å². The average Bonchev–Trinajstić information content (AvgIpc) is 2.26. The number of rotatable bonds is 5. The Morgan fingerprint density at radius 1 is 1.38 bits per heavy atom. The van der Waals surface area contributed by atoms with Gasteiger partial charge in [0.25, 0.3) is 5.70 Å². The molecule has 1 rings (SSSR count). The fourth-order valence-corrected chi connectivity index (χ4v) is 1.28. The van der Waals surface area contributed by atoms with Crippen LogP contribution in [0.5, 0.6) is 5.75 Å². The first-order valence-electron chi connectivity index (χ1n) is 4.20. The summed E-state index contributed by atoms with van der Waals surface area (Å²) in [5.41, 5.74) is -0.265. The summed E-state index contributed by atoms with van der Waals surface area (Å²) in [5.74, 6) is 0.351. The minimum atomic E-state index is -2.62. The summed E-state index contributed by atoms with van der Waals surface area (Å²) < 4.78 is 26.1. The van der Waals surface area contributed by atoms with Crippen LogP contribution >= 0.6 is 0 Å². The van der Waals surface area contributed by atoms with Crippen LogP contribution in [0.4, 0.5) is 0 Å². The normalized spacial score (nSPS) is 10.1. The van der Waals surface area contributed by atoms with Gasteiger partial charge in [0.2, 0.25) is 0 Å². The van der Waals surface area contributed by atoms with Crippen LogP contribution in [0.1, 0.15) is 0 Å². The Kier molecular flexibility index (Phi) is 4.01. The minimum Gasteiger partial charge on any atom is -0.482 e. The summed E-state index contributed by atoms with van der Waals surface area (Å²) in [6, 6.07) is 5.56. The van der Waals surface area contributed by atoms with E-state index in [9.17, 15) is 18.5 Å². The minimum absolute atomic E-state index is 0.162. The predicted octanol–water partition coefficient (Wildman–Crippen LogP) is 0.826. The van der Waals surface area contributed by atoms with E-state index >= 15 is 0 Å². The maximum Gasteiger partial charge on any atom is 0.276 e. The molecule has 6 nitrogen and oxygen atoms in total. The summed E-state index contributed by atoms with van der Waals surface area (Å²) in [4.78, 5) is 9.74. The van der Waals surface area contributed by atoms with Crippen LogP contribution in [0.15, 0.2) is 41.4 Å². The molecule has 0 atom stereocenters. The second-order valence-electron chi connectivity index (χ2n) is 2.86. The molecule has 0 spiro atoms. The van der Waals surface area contributed by atoms with Gasteiger partial charge >= 0.3 is 0 Å². The van der Waals surface area contributed by atoms with Crippen LogP contribution in [-0.2, 0) is 10.7 Å². The first kappa shape index (κ1) is 12.2. The fraction of sp³-hybridized carbons (Fsp3) is 0.111. The maximum absolute atomic E-state index is 10.6. The molecule has 0 saturated heterocycles. The molecule has 0 fully saturated rings. The highest BCUT2D eigenvalue weighted by atomic mass is 32.2. The highest BCUT2D eigenvalue weighted by Crippen LogP contribution is 2.13. The standard InChI is InChI=1S/C9H9NO5S/c1-7(10(11)12)6-15-8-2-4-9(5-3-8)16(13)14/h2-5,16H,1,6H2. The molecule has 7 heteroatoms. The van der Waals surface area contributed by atoms with Crippen molar-refractivity contribution in [3.8, 4) is 5.75 Å². The summed E-state index contributed by atoms with van der Waals surface area (Å²) in [5, 5.41) is 10.2. The number of nitrogens with zero attached hydrogens (tertiary/aromatic N) is 1. The zero-order valence-corrected chi connectivity index (χ0v) is 9.05. The maximum atomic E-state index is 10.6. The lowest BCUT2D eigenvalue weighted by Crippen LogP contribution is -2.07. The van der Waals surface area contributed by atoms with Crippen LogP contribution in [0.2, 0.25) is 0 Å². The number of hydrogen-bond donors (Lipinski definition) is 1. The van der Waals surface area contributed by atoms with Gasteiger partial charge in [0.1, 0.15) is 5.75 Å². The SMILES string of the molecule is C=C(COc1ccc([SH](=O)=O)cc1)[N+](=O)[O-]. The Morgan fingerprint density at radius 3 is 2.38 bits per heavy atom. The Labute approximate surface area is 93.3 Å². The second kappa shape index (κ2) is 5.26. The van der Waals surface area contributed by atoms with Gasteiger partial charge in [-0.2, -0.15) is 0 Å². The molecule has 0 bridgehead atoms. The summed E-state index contributed by atoms with van der Waals surface area (Å²) in [6.07, 6.45) is 0. The predicted molar refractivity (Wildman–Crippen MR) is 56.7 cm³/mol. The lowest BCUT2D eigenvalue weighted by molar-refractivity contribution is -0.428. The molecule has 0 N–H and O–H groups in total. The molecule has 0 aromatic heterocycles. The third kappa shape index (κ3) is 3.35. The smallest absolute Gasteiger partial charge is 0.276 e. The molecule has 0 aliphatic heterocycles. The van der Waals surface area contributed by atoms with Crippen molar-refractivity contribution >= 4 is 10.7 Å². The van der Waals surface area contributed by atoms with Crippen molar-refractivity contribution in [1.82, 2.24) is 0 Å². The molecule has 0 aliphatic rings. The van der Waals surface area contributed by atoms with E-state index in [1.807, 2.05) is 0 Å². The Hall–Kier alpha value is -1.89. The van der Waals surface area contributed by atoms with Gasteiger partial charge < -0.3 is 4.74 Å². The Bertz CT molecular complexity index is 469. The van der Waals surface area contributed by atoms with Gasteiger partial charge in [0.15, 0.2) is 17.3 Å². The van der Waals surface area contributed by atoms with Gasteiger partial charge in [-0.25, -0.2) is 8.42 Å². The van der Waals surface area contributed by atoms with Crippen LogP contribution in [-0.4, -0.2) is 19.9 Å². The Morgan fingerprint density at radius 2 is 1.94 bits per heavy atom. The average molecular weight is 243 g/mol. The van der Waals surface area contributed by atoms with Gasteiger partial charge in [0.05, 0.1) is 9.82 Å². The molecule has 16 heavy (non-hydrogen) atoms. The lowest BCUT2D eigenvalue weighted by Gasteiger charge is -2.03. The summed E-state index contributed by atoms with van der Waals surface area (Å²) in [6.45, 7) is 2.95. The van der Waals surface area contributed by atoms with Crippen molar-refractivity contribution in [1.29, 1.82) is 0 Å². The number of ether oxygens (including phenoxy) is 1. The van der Waals surface area contributed by atoms with Crippen LogP contribution in [0, 0.1) is 10.1 Å². The second-order valence-corrected chi connectivity index (χ2v) is 3.89. The van der Waals surface area contributed by atoms with Gasteiger partial charge in [-0.3, -0.25) is 10.1 Å². The molecule has 0 aliphatic carbocycles. The molecule has 0 radical (unpaired) electrons. The van der Waals surface area contributed by atoms with Gasteiger partial charge in [0, 0.05) is 0 Å². The summed E-state index contributed by atoms with van der Waals surface area (Å²) >= 11 is 0. The number of thiol groups is 1. The van der Waals surface area contributed by atoms with Gasteiger partial charge in [-0.1, -0.05) is 0 Å². The zero-order valence-electron chi connectivity index (χ0n) is 8.16. The van der Waals surface area contributed by atoms with Crippen LogP contribution < -0.4 is 4.74 Å². The van der Waals surface area contributed by atoms with Crippen molar-refractivity contribution in [3.63, 3.8) is 0 Å². The molecular weight excluding hydrogens is 234 g/mol. The van der Waals surface area contributed by atoms with Crippen LogP contribution in [0.3, 0.4) is 0 Å². The van der Waals surface area contributed by atoms with E-state index in [1.165, 1.54) is 24.3 Å². The third-order valence-electron chi connectivity index (χ3n) is 1.71. The molecule has 0 saturated carbocycles.